The number of hydrogen-bond acceptors (Lipinski definition) is 0. The molecule has 0 spiro atoms. The summed E-state index contributed by atoms with van der Waals surface area (Å²) >= 11 is 0. The van der Waals surface area contributed by atoms with Crippen molar-refractivity contribution >= 4 is 59.9 Å². The Kier molecular flexibility index (Phi) is 4.75. The summed E-state index contributed by atoms with van der Waals surface area (Å²) in [7, 11) is 0. The molecule has 2 heteroatoms. The summed E-state index contributed by atoms with van der Waals surface area (Å²) in [4.78, 5) is 0. The van der Waals surface area contributed by atoms with Crippen molar-refractivity contribution < 1.29 is 0 Å². The average molecular weight is 559 g/mol. The Bertz CT molecular complexity index is 2690. The summed E-state index contributed by atoms with van der Waals surface area (Å²) in [6.07, 6.45) is 0. The molecule has 10 rings (SSSR count). The average Bonchev–Trinajstić information content (AvgIpc) is 3.57. The third kappa shape index (κ3) is 3.09. The SMILES string of the molecule is c1ccc(-c2ccc(-n3c4cccc5c6ccccc6n6c7ccccc7c7ccc3c(c54)c76)c(-c3ccccc3)c2)cc1. The van der Waals surface area contributed by atoms with Crippen LogP contribution in [0.1, 0.15) is 0 Å². The Morgan fingerprint density at radius 3 is 1.68 bits per heavy atom. The second-order valence-corrected chi connectivity index (χ2v) is 11.7. The van der Waals surface area contributed by atoms with Crippen molar-refractivity contribution in [3.8, 4) is 27.9 Å². The molecule has 3 heterocycles. The number of aromatic nitrogens is 2. The Balaban J connectivity index is 1.43. The fourth-order valence-electron chi connectivity index (χ4n) is 7.62. The van der Waals surface area contributed by atoms with E-state index in [0.29, 0.717) is 0 Å². The summed E-state index contributed by atoms with van der Waals surface area (Å²) in [6.45, 7) is 0. The van der Waals surface area contributed by atoms with Gasteiger partial charge in [0, 0.05) is 32.5 Å². The first-order chi connectivity index (χ1) is 21.9. The van der Waals surface area contributed by atoms with Crippen molar-refractivity contribution in [2.75, 3.05) is 0 Å². The van der Waals surface area contributed by atoms with Crippen molar-refractivity contribution in [3.63, 3.8) is 0 Å². The van der Waals surface area contributed by atoms with Gasteiger partial charge >= 0.3 is 0 Å². The van der Waals surface area contributed by atoms with Crippen LogP contribution in [0.15, 0.2) is 158 Å². The van der Waals surface area contributed by atoms with Gasteiger partial charge < -0.3 is 8.97 Å². The number of nitrogens with zero attached hydrogens (tertiary/aromatic N) is 2. The molecule has 0 aliphatic heterocycles. The summed E-state index contributed by atoms with van der Waals surface area (Å²) in [5.74, 6) is 0. The fraction of sp³-hybridized carbons (Fsp3) is 0. The van der Waals surface area contributed by atoms with Crippen LogP contribution in [-0.2, 0) is 0 Å². The molecule has 3 aromatic heterocycles. The number of rotatable bonds is 3. The molecule has 0 unspecified atom stereocenters. The molecule has 0 fully saturated rings. The molecular formula is C42H26N2. The standard InChI is InChI=1S/C42H26N2/c1-3-12-27(13-4-1)29-22-24-37(34(26-29)28-14-5-2-6-15-28)43-38-21-11-18-32-30-16-7-9-19-35(30)44-36-20-10-8-17-31(36)33-23-25-39(43)41(40(32)38)42(33)44/h1-26H. The lowest BCUT2D eigenvalue weighted by Gasteiger charge is -2.16. The molecule has 0 atom stereocenters. The molecule has 10 aromatic rings. The van der Waals surface area contributed by atoms with E-state index in [1.54, 1.807) is 0 Å². The van der Waals surface area contributed by atoms with E-state index in [2.05, 4.69) is 167 Å². The van der Waals surface area contributed by atoms with Crippen LogP contribution >= 0.6 is 0 Å². The van der Waals surface area contributed by atoms with Gasteiger partial charge in [0.2, 0.25) is 0 Å². The second kappa shape index (κ2) is 8.82. The summed E-state index contributed by atoms with van der Waals surface area (Å²) in [5, 5.41) is 7.75. The second-order valence-electron chi connectivity index (χ2n) is 11.7. The molecule has 2 nitrogen and oxygen atoms in total. The largest absolute Gasteiger partial charge is 0.309 e. The number of hydrogen-bond donors (Lipinski definition) is 0. The third-order valence-corrected chi connectivity index (χ3v) is 9.45. The van der Waals surface area contributed by atoms with E-state index in [0.717, 1.165) is 0 Å². The van der Waals surface area contributed by atoms with Crippen LogP contribution in [0.5, 0.6) is 0 Å². The minimum absolute atomic E-state index is 1.18. The summed E-state index contributed by atoms with van der Waals surface area (Å²) < 4.78 is 5.00. The minimum atomic E-state index is 1.18. The van der Waals surface area contributed by atoms with Gasteiger partial charge in [-0.2, -0.15) is 0 Å². The lowest BCUT2D eigenvalue weighted by atomic mass is 9.97. The van der Waals surface area contributed by atoms with Gasteiger partial charge in [0.15, 0.2) is 0 Å². The smallest absolute Gasteiger partial charge is 0.0641 e. The first-order valence-corrected chi connectivity index (χ1v) is 15.2. The first kappa shape index (κ1) is 23.7. The van der Waals surface area contributed by atoms with Gasteiger partial charge in [-0.15, -0.1) is 0 Å². The maximum Gasteiger partial charge on any atom is 0.0641 e. The fourth-order valence-corrected chi connectivity index (χ4v) is 7.62. The van der Waals surface area contributed by atoms with Crippen LogP contribution in [0, 0.1) is 0 Å². The van der Waals surface area contributed by atoms with Crippen LogP contribution in [0.2, 0.25) is 0 Å². The number of para-hydroxylation sites is 2. The van der Waals surface area contributed by atoms with Crippen LogP contribution in [0.25, 0.3) is 87.8 Å². The van der Waals surface area contributed by atoms with E-state index in [4.69, 9.17) is 0 Å². The minimum Gasteiger partial charge on any atom is -0.309 e. The molecule has 0 bridgehead atoms. The van der Waals surface area contributed by atoms with Gasteiger partial charge in [-0.1, -0.05) is 121 Å². The Labute approximate surface area is 254 Å². The summed E-state index contributed by atoms with van der Waals surface area (Å²) in [5.41, 5.74) is 12.3. The highest BCUT2D eigenvalue weighted by Crippen LogP contribution is 2.46. The lowest BCUT2D eigenvalue weighted by molar-refractivity contribution is 1.18. The normalized spacial score (nSPS) is 12.1. The molecule has 0 amide bonds. The monoisotopic (exact) mass is 558 g/mol. The van der Waals surface area contributed by atoms with E-state index in [1.807, 2.05) is 0 Å². The van der Waals surface area contributed by atoms with E-state index in [9.17, 15) is 0 Å². The van der Waals surface area contributed by atoms with Crippen molar-refractivity contribution in [3.05, 3.63) is 158 Å². The summed E-state index contributed by atoms with van der Waals surface area (Å²) in [6, 6.07) is 57.7. The molecule has 0 N–H and O–H groups in total. The van der Waals surface area contributed by atoms with Crippen molar-refractivity contribution in [1.82, 2.24) is 8.97 Å². The molecule has 0 aliphatic rings. The Morgan fingerprint density at radius 2 is 0.932 bits per heavy atom. The zero-order chi connectivity index (χ0) is 28.8. The van der Waals surface area contributed by atoms with Gasteiger partial charge in [0.25, 0.3) is 0 Å². The molecular weight excluding hydrogens is 532 g/mol. The van der Waals surface area contributed by atoms with Crippen molar-refractivity contribution in [1.29, 1.82) is 0 Å². The molecule has 0 aliphatic carbocycles. The van der Waals surface area contributed by atoms with Crippen molar-refractivity contribution in [2.24, 2.45) is 0 Å². The molecule has 0 radical (unpaired) electrons. The molecule has 0 saturated heterocycles. The zero-order valence-electron chi connectivity index (χ0n) is 23.9. The third-order valence-electron chi connectivity index (χ3n) is 9.45. The highest BCUT2D eigenvalue weighted by Gasteiger charge is 2.24. The highest BCUT2D eigenvalue weighted by molar-refractivity contribution is 6.33. The number of fused-ring (bicyclic) bond motifs is 6. The molecule has 44 heavy (non-hydrogen) atoms. The van der Waals surface area contributed by atoms with Gasteiger partial charge in [-0.3, -0.25) is 0 Å². The van der Waals surface area contributed by atoms with Crippen LogP contribution in [0.3, 0.4) is 0 Å². The first-order valence-electron chi connectivity index (χ1n) is 15.2. The van der Waals surface area contributed by atoms with Gasteiger partial charge in [-0.05, 0) is 58.5 Å². The topological polar surface area (TPSA) is 9.34 Å². The lowest BCUT2D eigenvalue weighted by Crippen LogP contribution is -1.98. The molecule has 204 valence electrons. The van der Waals surface area contributed by atoms with Crippen molar-refractivity contribution in [2.45, 2.75) is 0 Å². The van der Waals surface area contributed by atoms with E-state index in [-0.39, 0.29) is 0 Å². The number of benzene rings is 7. The highest BCUT2D eigenvalue weighted by atomic mass is 15.0. The molecule has 0 saturated carbocycles. The van der Waals surface area contributed by atoms with Crippen LogP contribution in [-0.4, -0.2) is 8.97 Å². The predicted molar refractivity (Wildman–Crippen MR) is 186 cm³/mol. The van der Waals surface area contributed by atoms with Crippen LogP contribution in [0.4, 0.5) is 0 Å². The maximum atomic E-state index is 2.50. The van der Waals surface area contributed by atoms with E-state index >= 15 is 0 Å². The predicted octanol–water partition coefficient (Wildman–Crippen LogP) is 11.3. The molecule has 7 aromatic carbocycles. The van der Waals surface area contributed by atoms with E-state index in [1.165, 1.54) is 87.8 Å². The van der Waals surface area contributed by atoms with Crippen LogP contribution < -0.4 is 0 Å². The van der Waals surface area contributed by atoms with Gasteiger partial charge in [-0.25, -0.2) is 0 Å². The van der Waals surface area contributed by atoms with E-state index < -0.39 is 0 Å². The Morgan fingerprint density at radius 1 is 0.341 bits per heavy atom. The quantitative estimate of drug-likeness (QED) is 0.204. The zero-order valence-corrected chi connectivity index (χ0v) is 23.9. The van der Waals surface area contributed by atoms with Gasteiger partial charge in [0.05, 0.1) is 33.3 Å². The van der Waals surface area contributed by atoms with Gasteiger partial charge in [0.1, 0.15) is 0 Å². The Hall–Kier alpha value is -5.86. The maximum absolute atomic E-state index is 2.50.